The van der Waals surface area contributed by atoms with Crippen LogP contribution in [0.25, 0.3) is 0 Å². The molecule has 12 heavy (non-hydrogen) atoms. The summed E-state index contributed by atoms with van der Waals surface area (Å²) in [6.45, 7) is 0. The summed E-state index contributed by atoms with van der Waals surface area (Å²) in [5, 5.41) is 14.6. The number of rotatable bonds is 1. The van der Waals surface area contributed by atoms with Gasteiger partial charge in [-0.15, -0.1) is 0 Å². The van der Waals surface area contributed by atoms with Crippen molar-refractivity contribution in [2.75, 3.05) is 0 Å². The molecule has 1 aromatic rings. The van der Waals surface area contributed by atoms with Gasteiger partial charge in [0.15, 0.2) is 0 Å². The van der Waals surface area contributed by atoms with Crippen molar-refractivity contribution in [1.82, 2.24) is 14.8 Å². The Bertz CT molecular complexity index is 378. The van der Waals surface area contributed by atoms with Crippen molar-refractivity contribution in [3.05, 3.63) is 16.3 Å². The lowest BCUT2D eigenvalue weighted by Crippen LogP contribution is -2.25. The third-order valence-corrected chi connectivity index (χ3v) is 2.02. The lowest BCUT2D eigenvalue weighted by atomic mass is 10.2. The highest BCUT2D eigenvalue weighted by Gasteiger charge is 2.30. The molecule has 0 aromatic carbocycles. The molecule has 0 spiro atoms. The Balaban J connectivity index is 2.53. The number of fused-ring (bicyclic) bond motifs is 1. The molecule has 0 aliphatic carbocycles. The zero-order valence-corrected chi connectivity index (χ0v) is 6.15. The van der Waals surface area contributed by atoms with Gasteiger partial charge in [-0.05, 0) is 6.42 Å². The third-order valence-electron chi connectivity index (χ3n) is 2.02. The zero-order chi connectivity index (χ0) is 8.72. The van der Waals surface area contributed by atoms with Crippen LogP contribution in [0.3, 0.4) is 0 Å². The second kappa shape index (κ2) is 2.20. The number of aromatic nitrogens is 3. The first-order valence-corrected chi connectivity index (χ1v) is 3.58. The standard InChI is InChI=1S/C6H7N3O3/c10-5(11)3-1-2-4-7-8-6(12)9(3)4/h3H,1-2H2,(H,8,12)(H,10,11)/t3-/m1/s1. The van der Waals surface area contributed by atoms with Crippen molar-refractivity contribution in [2.24, 2.45) is 0 Å². The van der Waals surface area contributed by atoms with E-state index in [0.717, 1.165) is 0 Å². The number of H-pyrrole nitrogens is 1. The molecule has 2 N–H and O–H groups in total. The van der Waals surface area contributed by atoms with E-state index < -0.39 is 17.7 Å². The summed E-state index contributed by atoms with van der Waals surface area (Å²) in [5.41, 5.74) is -0.435. The number of aromatic amines is 1. The molecule has 2 heterocycles. The van der Waals surface area contributed by atoms with Crippen LogP contribution in [-0.2, 0) is 11.2 Å². The molecule has 0 fully saturated rings. The second-order valence-corrected chi connectivity index (χ2v) is 2.71. The van der Waals surface area contributed by atoms with Crippen LogP contribution in [0, 0.1) is 0 Å². The average Bonchev–Trinajstić information content (AvgIpc) is 2.53. The van der Waals surface area contributed by atoms with Crippen LogP contribution in [-0.4, -0.2) is 25.8 Å². The maximum absolute atomic E-state index is 11.0. The number of aliphatic carboxylic acids is 1. The minimum atomic E-state index is -0.975. The minimum absolute atomic E-state index is 0.435. The normalized spacial score (nSPS) is 20.8. The SMILES string of the molecule is O=C(O)[C@H]1CCc2n[nH]c(=O)n21. The van der Waals surface area contributed by atoms with Gasteiger partial charge in [0.2, 0.25) is 0 Å². The Morgan fingerprint density at radius 2 is 2.50 bits per heavy atom. The number of carboxylic acid groups (broad SMARTS) is 1. The maximum atomic E-state index is 11.0. The fourth-order valence-electron chi connectivity index (χ4n) is 1.46. The summed E-state index contributed by atoms with van der Waals surface area (Å²) in [7, 11) is 0. The van der Waals surface area contributed by atoms with Crippen molar-refractivity contribution in [2.45, 2.75) is 18.9 Å². The Hall–Kier alpha value is -1.59. The van der Waals surface area contributed by atoms with Crippen molar-refractivity contribution in [1.29, 1.82) is 0 Å². The molecular formula is C6H7N3O3. The quantitative estimate of drug-likeness (QED) is 0.572. The molecular weight excluding hydrogens is 162 g/mol. The average molecular weight is 169 g/mol. The van der Waals surface area contributed by atoms with Crippen molar-refractivity contribution in [3.63, 3.8) is 0 Å². The van der Waals surface area contributed by atoms with Crippen LogP contribution < -0.4 is 5.69 Å². The lowest BCUT2D eigenvalue weighted by molar-refractivity contribution is -0.140. The summed E-state index contributed by atoms with van der Waals surface area (Å²) >= 11 is 0. The molecule has 64 valence electrons. The van der Waals surface area contributed by atoms with Gasteiger partial charge in [-0.2, -0.15) is 5.10 Å². The Morgan fingerprint density at radius 3 is 3.17 bits per heavy atom. The van der Waals surface area contributed by atoms with E-state index in [2.05, 4.69) is 10.2 Å². The van der Waals surface area contributed by atoms with Gasteiger partial charge in [0.1, 0.15) is 11.9 Å². The van der Waals surface area contributed by atoms with E-state index in [4.69, 9.17) is 5.11 Å². The van der Waals surface area contributed by atoms with Crippen LogP contribution in [0.4, 0.5) is 0 Å². The number of nitrogens with one attached hydrogen (secondary N) is 1. The molecule has 6 heteroatoms. The van der Waals surface area contributed by atoms with Crippen LogP contribution in [0.1, 0.15) is 18.3 Å². The van der Waals surface area contributed by atoms with Gasteiger partial charge < -0.3 is 5.11 Å². The van der Waals surface area contributed by atoms with Crippen molar-refractivity contribution >= 4 is 5.97 Å². The summed E-state index contributed by atoms with van der Waals surface area (Å²) in [6.07, 6.45) is 1.01. The highest BCUT2D eigenvalue weighted by atomic mass is 16.4. The summed E-state index contributed by atoms with van der Waals surface area (Å²) < 4.78 is 1.20. The van der Waals surface area contributed by atoms with Gasteiger partial charge in [0.05, 0.1) is 0 Å². The molecule has 0 saturated heterocycles. The molecule has 1 aliphatic heterocycles. The summed E-state index contributed by atoms with van der Waals surface area (Å²) in [5.74, 6) is -0.440. The maximum Gasteiger partial charge on any atom is 0.344 e. The van der Waals surface area contributed by atoms with Crippen molar-refractivity contribution < 1.29 is 9.90 Å². The molecule has 2 rings (SSSR count). The number of carbonyl (C=O) groups is 1. The molecule has 1 atom stereocenters. The van der Waals surface area contributed by atoms with E-state index in [1.54, 1.807) is 0 Å². The Labute approximate surface area is 66.8 Å². The number of hydrogen-bond acceptors (Lipinski definition) is 3. The van der Waals surface area contributed by atoms with Crippen LogP contribution >= 0.6 is 0 Å². The number of aryl methyl sites for hydroxylation is 1. The molecule has 0 unspecified atom stereocenters. The van der Waals surface area contributed by atoms with Gasteiger partial charge in [0.25, 0.3) is 0 Å². The molecule has 0 saturated carbocycles. The third kappa shape index (κ3) is 0.775. The smallest absolute Gasteiger partial charge is 0.344 e. The predicted molar refractivity (Wildman–Crippen MR) is 37.8 cm³/mol. The van der Waals surface area contributed by atoms with Crippen LogP contribution in [0.5, 0.6) is 0 Å². The van der Waals surface area contributed by atoms with Crippen LogP contribution in [0.2, 0.25) is 0 Å². The largest absolute Gasteiger partial charge is 0.480 e. The van der Waals surface area contributed by atoms with E-state index in [1.807, 2.05) is 0 Å². The molecule has 0 radical (unpaired) electrons. The summed E-state index contributed by atoms with van der Waals surface area (Å²) in [4.78, 5) is 21.6. The van der Waals surface area contributed by atoms with E-state index in [0.29, 0.717) is 18.7 Å². The lowest BCUT2D eigenvalue weighted by Gasteiger charge is -2.02. The van der Waals surface area contributed by atoms with Gasteiger partial charge in [-0.25, -0.2) is 14.7 Å². The second-order valence-electron chi connectivity index (χ2n) is 2.71. The van der Waals surface area contributed by atoms with Gasteiger partial charge in [-0.3, -0.25) is 4.57 Å². The molecule has 0 bridgehead atoms. The fraction of sp³-hybridized carbons (Fsp3) is 0.500. The first-order valence-electron chi connectivity index (χ1n) is 3.58. The Morgan fingerprint density at radius 1 is 1.75 bits per heavy atom. The number of hydrogen-bond donors (Lipinski definition) is 2. The van der Waals surface area contributed by atoms with E-state index in [-0.39, 0.29) is 0 Å². The highest BCUT2D eigenvalue weighted by Crippen LogP contribution is 2.21. The number of nitrogens with zero attached hydrogens (tertiary/aromatic N) is 2. The van der Waals surface area contributed by atoms with Gasteiger partial charge >= 0.3 is 11.7 Å². The fourth-order valence-corrected chi connectivity index (χ4v) is 1.46. The van der Waals surface area contributed by atoms with Gasteiger partial charge in [-0.1, -0.05) is 0 Å². The predicted octanol–water partition coefficient (Wildman–Crippen LogP) is -0.857. The zero-order valence-electron chi connectivity index (χ0n) is 6.15. The molecule has 0 amide bonds. The first kappa shape index (κ1) is 7.08. The molecule has 1 aliphatic rings. The minimum Gasteiger partial charge on any atom is -0.480 e. The van der Waals surface area contributed by atoms with Crippen LogP contribution in [0.15, 0.2) is 4.79 Å². The van der Waals surface area contributed by atoms with E-state index in [1.165, 1.54) is 4.57 Å². The summed E-state index contributed by atoms with van der Waals surface area (Å²) in [6, 6.07) is -0.730. The Kier molecular flexibility index (Phi) is 1.30. The molecule has 1 aromatic heterocycles. The number of carboxylic acids is 1. The van der Waals surface area contributed by atoms with Gasteiger partial charge in [0, 0.05) is 6.42 Å². The first-order chi connectivity index (χ1) is 5.70. The topological polar surface area (TPSA) is 88.0 Å². The molecule has 6 nitrogen and oxygen atoms in total. The van der Waals surface area contributed by atoms with E-state index >= 15 is 0 Å². The highest BCUT2D eigenvalue weighted by molar-refractivity contribution is 5.72. The van der Waals surface area contributed by atoms with Crippen molar-refractivity contribution in [3.8, 4) is 0 Å². The van der Waals surface area contributed by atoms with E-state index in [9.17, 15) is 9.59 Å². The monoisotopic (exact) mass is 169 g/mol.